The average Bonchev–Trinajstić information content (AvgIpc) is 2.47. The van der Waals surface area contributed by atoms with Crippen LogP contribution in [0.1, 0.15) is 19.3 Å². The van der Waals surface area contributed by atoms with Crippen molar-refractivity contribution >= 4 is 16.2 Å². The van der Waals surface area contributed by atoms with E-state index in [1.807, 2.05) is 6.07 Å². The average molecular weight is 303 g/mol. The standard InChI is InChI=1S/C11H17N3O5S/c12-7-9-8-13(5-6-19-9)20(17,18)14-4-2-1-3-10(14)11(15)16/h9-10H,1-6,8H2,(H,15,16). The Labute approximate surface area is 117 Å². The minimum Gasteiger partial charge on any atom is -0.480 e. The zero-order valence-corrected chi connectivity index (χ0v) is 11.8. The largest absolute Gasteiger partial charge is 0.480 e. The highest BCUT2D eigenvalue weighted by molar-refractivity contribution is 7.86. The van der Waals surface area contributed by atoms with Gasteiger partial charge in [-0.15, -0.1) is 0 Å². The van der Waals surface area contributed by atoms with Gasteiger partial charge in [-0.2, -0.15) is 22.3 Å². The smallest absolute Gasteiger partial charge is 0.322 e. The molecule has 0 aromatic heterocycles. The molecule has 2 unspecified atom stereocenters. The first kappa shape index (κ1) is 15.2. The molecule has 2 rings (SSSR count). The lowest BCUT2D eigenvalue weighted by molar-refractivity contribution is -0.142. The lowest BCUT2D eigenvalue weighted by atomic mass is 10.1. The topological polar surface area (TPSA) is 111 Å². The molecule has 9 heteroatoms. The molecule has 0 bridgehead atoms. The minimum atomic E-state index is -3.87. The van der Waals surface area contributed by atoms with E-state index in [0.717, 1.165) is 8.61 Å². The van der Waals surface area contributed by atoms with Crippen LogP contribution in [0.25, 0.3) is 0 Å². The number of piperidine rings is 1. The molecule has 0 spiro atoms. The first-order valence-electron chi connectivity index (χ1n) is 6.47. The maximum atomic E-state index is 12.5. The Morgan fingerprint density at radius 2 is 2.10 bits per heavy atom. The second-order valence-corrected chi connectivity index (χ2v) is 6.70. The Balaban J connectivity index is 2.20. The molecule has 0 radical (unpaired) electrons. The normalized spacial score (nSPS) is 29.8. The minimum absolute atomic E-state index is 0.0539. The van der Waals surface area contributed by atoms with Gasteiger partial charge in [0.2, 0.25) is 0 Å². The summed E-state index contributed by atoms with van der Waals surface area (Å²) in [6, 6.07) is 0.863. The molecule has 1 N–H and O–H groups in total. The molecule has 2 aliphatic heterocycles. The predicted octanol–water partition coefficient (Wildman–Crippen LogP) is -0.605. The van der Waals surface area contributed by atoms with Crippen LogP contribution in [-0.2, 0) is 19.7 Å². The number of morpholine rings is 1. The highest BCUT2D eigenvalue weighted by atomic mass is 32.2. The summed E-state index contributed by atoms with van der Waals surface area (Å²) >= 11 is 0. The molecule has 2 aliphatic rings. The summed E-state index contributed by atoms with van der Waals surface area (Å²) in [5, 5.41) is 18.0. The monoisotopic (exact) mass is 303 g/mol. The van der Waals surface area contributed by atoms with E-state index in [1.54, 1.807) is 0 Å². The fourth-order valence-corrected chi connectivity index (χ4v) is 4.29. The number of ether oxygens (including phenoxy) is 1. The van der Waals surface area contributed by atoms with E-state index in [-0.39, 0.29) is 26.2 Å². The Morgan fingerprint density at radius 3 is 2.75 bits per heavy atom. The molecular weight excluding hydrogens is 286 g/mol. The third-order valence-electron chi connectivity index (χ3n) is 3.53. The van der Waals surface area contributed by atoms with Crippen molar-refractivity contribution in [1.82, 2.24) is 8.61 Å². The van der Waals surface area contributed by atoms with Crippen LogP contribution in [0.4, 0.5) is 0 Å². The Kier molecular flexibility index (Phi) is 4.59. The summed E-state index contributed by atoms with van der Waals surface area (Å²) in [6.07, 6.45) is 0.870. The predicted molar refractivity (Wildman–Crippen MR) is 67.8 cm³/mol. The molecule has 2 heterocycles. The van der Waals surface area contributed by atoms with Crippen molar-refractivity contribution in [1.29, 1.82) is 5.26 Å². The number of carboxylic acids is 1. The van der Waals surface area contributed by atoms with Crippen molar-refractivity contribution < 1.29 is 23.1 Å². The molecule has 20 heavy (non-hydrogen) atoms. The summed E-state index contributed by atoms with van der Waals surface area (Å²) in [5.41, 5.74) is 0. The molecule has 0 aromatic carbocycles. The molecule has 112 valence electrons. The summed E-state index contributed by atoms with van der Waals surface area (Å²) in [6.45, 7) is 0.432. The lowest BCUT2D eigenvalue weighted by Gasteiger charge is -2.37. The van der Waals surface area contributed by atoms with Gasteiger partial charge in [0.05, 0.1) is 19.2 Å². The van der Waals surface area contributed by atoms with Crippen molar-refractivity contribution in [2.24, 2.45) is 0 Å². The number of hydrogen-bond acceptors (Lipinski definition) is 5. The fourth-order valence-electron chi connectivity index (χ4n) is 2.49. The molecule has 0 amide bonds. The molecule has 2 saturated heterocycles. The Hall–Kier alpha value is -1.21. The van der Waals surface area contributed by atoms with Gasteiger partial charge in [-0.05, 0) is 19.3 Å². The first-order chi connectivity index (χ1) is 9.46. The zero-order chi connectivity index (χ0) is 14.8. The van der Waals surface area contributed by atoms with Gasteiger partial charge in [-0.1, -0.05) is 0 Å². The summed E-state index contributed by atoms with van der Waals surface area (Å²) in [7, 11) is -3.87. The second kappa shape index (κ2) is 6.05. The third-order valence-corrected chi connectivity index (χ3v) is 5.55. The van der Waals surface area contributed by atoms with E-state index in [4.69, 9.17) is 15.1 Å². The molecule has 0 aromatic rings. The van der Waals surface area contributed by atoms with Crippen LogP contribution in [0.3, 0.4) is 0 Å². The van der Waals surface area contributed by atoms with Crippen LogP contribution in [0.5, 0.6) is 0 Å². The number of aliphatic carboxylic acids is 1. The number of nitriles is 1. The summed E-state index contributed by atoms with van der Waals surface area (Å²) in [4.78, 5) is 11.2. The quantitative estimate of drug-likeness (QED) is 0.745. The molecule has 0 saturated carbocycles. The van der Waals surface area contributed by atoms with Crippen LogP contribution in [0, 0.1) is 11.3 Å². The zero-order valence-electron chi connectivity index (χ0n) is 10.9. The highest BCUT2D eigenvalue weighted by Crippen LogP contribution is 2.24. The molecule has 2 atom stereocenters. The summed E-state index contributed by atoms with van der Waals surface area (Å²) in [5.74, 6) is -1.13. The van der Waals surface area contributed by atoms with Gasteiger partial charge < -0.3 is 9.84 Å². The van der Waals surface area contributed by atoms with Gasteiger partial charge in [0.15, 0.2) is 6.10 Å². The van der Waals surface area contributed by atoms with Gasteiger partial charge in [-0.3, -0.25) is 4.79 Å². The molecule has 8 nitrogen and oxygen atoms in total. The van der Waals surface area contributed by atoms with E-state index in [9.17, 15) is 13.2 Å². The van der Waals surface area contributed by atoms with Gasteiger partial charge >= 0.3 is 5.97 Å². The van der Waals surface area contributed by atoms with Crippen LogP contribution in [0.2, 0.25) is 0 Å². The van der Waals surface area contributed by atoms with Crippen molar-refractivity contribution in [2.75, 3.05) is 26.2 Å². The van der Waals surface area contributed by atoms with E-state index < -0.39 is 28.3 Å². The number of hydrogen-bond donors (Lipinski definition) is 1. The number of rotatable bonds is 3. The Morgan fingerprint density at radius 1 is 1.35 bits per heavy atom. The van der Waals surface area contributed by atoms with Gasteiger partial charge in [0, 0.05) is 13.1 Å². The molecular formula is C11H17N3O5S. The van der Waals surface area contributed by atoms with Crippen LogP contribution < -0.4 is 0 Å². The number of carboxylic acid groups (broad SMARTS) is 1. The third kappa shape index (κ3) is 2.93. The van der Waals surface area contributed by atoms with Crippen LogP contribution >= 0.6 is 0 Å². The van der Waals surface area contributed by atoms with Crippen molar-refractivity contribution in [2.45, 2.75) is 31.4 Å². The van der Waals surface area contributed by atoms with E-state index in [0.29, 0.717) is 19.3 Å². The summed E-state index contributed by atoms with van der Waals surface area (Å²) < 4.78 is 32.4. The van der Waals surface area contributed by atoms with Crippen molar-refractivity contribution in [3.8, 4) is 6.07 Å². The lowest BCUT2D eigenvalue weighted by Crippen LogP contribution is -2.56. The second-order valence-electron chi connectivity index (χ2n) is 4.81. The van der Waals surface area contributed by atoms with Crippen molar-refractivity contribution in [3.05, 3.63) is 0 Å². The van der Waals surface area contributed by atoms with Gasteiger partial charge in [0.25, 0.3) is 10.2 Å². The van der Waals surface area contributed by atoms with E-state index >= 15 is 0 Å². The van der Waals surface area contributed by atoms with E-state index in [2.05, 4.69) is 0 Å². The van der Waals surface area contributed by atoms with Crippen LogP contribution in [0.15, 0.2) is 0 Å². The highest BCUT2D eigenvalue weighted by Gasteiger charge is 2.41. The van der Waals surface area contributed by atoms with Gasteiger partial charge in [0.1, 0.15) is 6.04 Å². The maximum Gasteiger partial charge on any atom is 0.322 e. The fraction of sp³-hybridized carbons (Fsp3) is 0.818. The maximum absolute atomic E-state index is 12.5. The first-order valence-corrected chi connectivity index (χ1v) is 7.87. The van der Waals surface area contributed by atoms with E-state index in [1.165, 1.54) is 0 Å². The number of carbonyl (C=O) groups is 1. The molecule has 0 aliphatic carbocycles. The SMILES string of the molecule is N#CC1CN(S(=O)(=O)N2CCCCC2C(=O)O)CCO1. The van der Waals surface area contributed by atoms with Crippen LogP contribution in [-0.4, -0.2) is 66.5 Å². The Bertz CT molecular complexity index is 515. The molecule has 2 fully saturated rings. The van der Waals surface area contributed by atoms with Crippen molar-refractivity contribution in [3.63, 3.8) is 0 Å². The number of nitrogens with zero attached hydrogens (tertiary/aromatic N) is 3. The van der Waals surface area contributed by atoms with Gasteiger partial charge in [-0.25, -0.2) is 0 Å².